The summed E-state index contributed by atoms with van der Waals surface area (Å²) in [7, 11) is -0.622. The standard InChI is InChI=1S/C44H66BN7O7/c1-9-10-11-28-12-14-29(15-13-28)30-16-18-31(19-17-30)39(54)51-35(24-47)42(57)52-34(23-46)41(56)48-26(4)38(53)50-33(20-25(2)3)40(55)49-27(5)45-58-37-22-32-21-36(43(32,6)7)44(37,8)59-45/h12-19,25-27,32-37H,9-11,20-24,46-47H2,1-8H3,(H,48,56)(H,49,55)(H,50,53)(H,51,54)(H,52,57)/t26-,27-,32-,33-,34-,35-,36-,37?,44-/m0/s1. The van der Waals surface area contributed by atoms with E-state index >= 15 is 0 Å². The third-order valence-electron chi connectivity index (χ3n) is 12.8. The first-order valence-corrected chi connectivity index (χ1v) is 21.4. The van der Waals surface area contributed by atoms with E-state index in [-0.39, 0.29) is 36.4 Å². The van der Waals surface area contributed by atoms with Gasteiger partial charge in [-0.1, -0.05) is 77.4 Å². The number of rotatable bonds is 19. The zero-order chi connectivity index (χ0) is 43.2. The fourth-order valence-electron chi connectivity index (χ4n) is 8.92. The molecule has 14 nitrogen and oxygen atoms in total. The van der Waals surface area contributed by atoms with Crippen LogP contribution in [0, 0.1) is 23.2 Å². The molecule has 1 heterocycles. The van der Waals surface area contributed by atoms with E-state index < -0.39 is 66.5 Å². The lowest BCUT2D eigenvalue weighted by Gasteiger charge is -2.64. The van der Waals surface area contributed by atoms with Gasteiger partial charge in [0.25, 0.3) is 5.91 Å². The zero-order valence-electron chi connectivity index (χ0n) is 36.1. The van der Waals surface area contributed by atoms with Gasteiger partial charge in [0.1, 0.15) is 24.2 Å². The maximum absolute atomic E-state index is 13.6. The lowest BCUT2D eigenvalue weighted by molar-refractivity contribution is -0.199. The molecule has 9 N–H and O–H groups in total. The second-order valence-electron chi connectivity index (χ2n) is 18.0. The van der Waals surface area contributed by atoms with E-state index in [9.17, 15) is 24.0 Å². The van der Waals surface area contributed by atoms with Crippen LogP contribution in [0.1, 0.15) is 103 Å². The molecule has 4 aliphatic rings. The van der Waals surface area contributed by atoms with Gasteiger partial charge in [-0.05, 0) is 105 Å². The number of aryl methyl sites for hydroxylation is 1. The van der Waals surface area contributed by atoms with Crippen LogP contribution in [0.3, 0.4) is 0 Å². The summed E-state index contributed by atoms with van der Waals surface area (Å²) in [5.74, 6) is -2.37. The Morgan fingerprint density at radius 3 is 1.88 bits per heavy atom. The maximum Gasteiger partial charge on any atom is 0.481 e. The van der Waals surface area contributed by atoms with E-state index in [0.717, 1.165) is 43.2 Å². The molecule has 2 aromatic carbocycles. The summed E-state index contributed by atoms with van der Waals surface area (Å²) in [5.41, 5.74) is 15.1. The summed E-state index contributed by atoms with van der Waals surface area (Å²) in [4.78, 5) is 66.6. The molecule has 4 fully saturated rings. The number of hydrogen-bond donors (Lipinski definition) is 7. The minimum absolute atomic E-state index is 0.0335. The van der Waals surface area contributed by atoms with Gasteiger partial charge in [0.2, 0.25) is 23.6 Å². The fraction of sp³-hybridized carbons (Fsp3) is 0.614. The number of hydrogen-bond acceptors (Lipinski definition) is 9. The average Bonchev–Trinajstić information content (AvgIpc) is 3.58. The van der Waals surface area contributed by atoms with Crippen LogP contribution in [0.4, 0.5) is 0 Å². The Labute approximate surface area is 350 Å². The van der Waals surface area contributed by atoms with Gasteiger partial charge >= 0.3 is 7.12 Å². The highest BCUT2D eigenvalue weighted by Crippen LogP contribution is 2.65. The van der Waals surface area contributed by atoms with Gasteiger partial charge in [0, 0.05) is 18.7 Å². The summed E-state index contributed by atoms with van der Waals surface area (Å²) >= 11 is 0. The summed E-state index contributed by atoms with van der Waals surface area (Å²) in [6.07, 6.45) is 5.66. The Morgan fingerprint density at radius 1 is 0.746 bits per heavy atom. The second-order valence-corrected chi connectivity index (χ2v) is 18.0. The van der Waals surface area contributed by atoms with Gasteiger partial charge in [-0.3, -0.25) is 24.0 Å². The molecule has 1 aliphatic heterocycles. The number of nitrogens with two attached hydrogens (primary N) is 2. The first-order chi connectivity index (χ1) is 27.9. The highest BCUT2D eigenvalue weighted by Gasteiger charge is 2.68. The predicted molar refractivity (Wildman–Crippen MR) is 228 cm³/mol. The number of amides is 5. The molecule has 5 amide bonds. The maximum atomic E-state index is 13.6. The number of carbonyl (C=O) groups is 5. The minimum Gasteiger partial charge on any atom is -0.404 e. The molecule has 9 atom stereocenters. The Morgan fingerprint density at radius 2 is 1.31 bits per heavy atom. The van der Waals surface area contributed by atoms with E-state index in [4.69, 9.17) is 20.8 Å². The van der Waals surface area contributed by atoms with Crippen molar-refractivity contribution in [1.82, 2.24) is 26.6 Å². The molecule has 322 valence electrons. The quantitative estimate of drug-likeness (QED) is 0.104. The van der Waals surface area contributed by atoms with Crippen LogP contribution >= 0.6 is 0 Å². The smallest absolute Gasteiger partial charge is 0.404 e. The van der Waals surface area contributed by atoms with Crippen molar-refractivity contribution in [2.75, 3.05) is 13.1 Å². The zero-order valence-corrected chi connectivity index (χ0v) is 36.1. The molecule has 0 aromatic heterocycles. The molecule has 2 bridgehead atoms. The van der Waals surface area contributed by atoms with Gasteiger partial charge < -0.3 is 47.4 Å². The van der Waals surface area contributed by atoms with E-state index in [2.05, 4.69) is 78.5 Å². The van der Waals surface area contributed by atoms with Gasteiger partial charge in [0.05, 0.1) is 17.6 Å². The summed E-state index contributed by atoms with van der Waals surface area (Å²) in [5, 5.41) is 13.5. The third-order valence-corrected chi connectivity index (χ3v) is 12.8. The number of nitrogens with one attached hydrogen (secondary N) is 5. The molecule has 3 aliphatic carbocycles. The van der Waals surface area contributed by atoms with Crippen LogP contribution in [0.2, 0.25) is 0 Å². The number of benzene rings is 2. The highest BCUT2D eigenvalue weighted by molar-refractivity contribution is 6.47. The van der Waals surface area contributed by atoms with Crippen molar-refractivity contribution in [3.63, 3.8) is 0 Å². The molecular weight excluding hydrogens is 749 g/mol. The molecule has 1 saturated heterocycles. The summed E-state index contributed by atoms with van der Waals surface area (Å²) in [6, 6.07) is 11.0. The Kier molecular flexibility index (Phi) is 15.0. The third kappa shape index (κ3) is 10.5. The molecule has 3 saturated carbocycles. The van der Waals surface area contributed by atoms with Gasteiger partial charge in [-0.15, -0.1) is 0 Å². The average molecular weight is 816 g/mol. The molecular formula is C44H66BN7O7. The second kappa shape index (κ2) is 19.4. The number of unbranched alkanes of at least 4 members (excludes halogenated alkanes) is 1. The van der Waals surface area contributed by atoms with Crippen molar-refractivity contribution >= 4 is 36.7 Å². The molecule has 59 heavy (non-hydrogen) atoms. The van der Waals surface area contributed by atoms with Crippen molar-refractivity contribution in [3.05, 3.63) is 59.7 Å². The first kappa shape index (κ1) is 45.8. The fourth-order valence-corrected chi connectivity index (χ4v) is 8.92. The van der Waals surface area contributed by atoms with E-state index in [1.807, 2.05) is 32.9 Å². The lowest BCUT2D eigenvalue weighted by atomic mass is 9.43. The van der Waals surface area contributed by atoms with Gasteiger partial charge in [-0.25, -0.2) is 0 Å². The van der Waals surface area contributed by atoms with Crippen LogP contribution in [-0.2, 0) is 34.9 Å². The predicted octanol–water partition coefficient (Wildman–Crippen LogP) is 3.00. The molecule has 15 heteroatoms. The Hall–Kier alpha value is -4.31. The largest absolute Gasteiger partial charge is 0.481 e. The van der Waals surface area contributed by atoms with Crippen LogP contribution in [0.15, 0.2) is 48.5 Å². The van der Waals surface area contributed by atoms with Crippen molar-refractivity contribution in [2.45, 2.75) is 136 Å². The molecule has 6 rings (SSSR count). The summed E-state index contributed by atoms with van der Waals surface area (Å²) < 4.78 is 12.9. The highest BCUT2D eigenvalue weighted by atomic mass is 16.7. The van der Waals surface area contributed by atoms with E-state index in [1.165, 1.54) is 12.5 Å². The van der Waals surface area contributed by atoms with Crippen molar-refractivity contribution in [1.29, 1.82) is 0 Å². The van der Waals surface area contributed by atoms with Crippen LogP contribution in [0.25, 0.3) is 11.1 Å². The van der Waals surface area contributed by atoms with Crippen molar-refractivity contribution < 1.29 is 33.3 Å². The Balaban J connectivity index is 1.10. The minimum atomic E-state index is -1.24. The van der Waals surface area contributed by atoms with Gasteiger partial charge in [0.15, 0.2) is 0 Å². The van der Waals surface area contributed by atoms with E-state index in [0.29, 0.717) is 23.8 Å². The monoisotopic (exact) mass is 816 g/mol. The molecule has 1 unspecified atom stereocenters. The van der Waals surface area contributed by atoms with Crippen LogP contribution in [-0.4, -0.2) is 91.6 Å². The Bertz CT molecular complexity index is 1810. The molecule has 2 aromatic rings. The SMILES string of the molecule is CCCCc1ccc(-c2ccc(C(=O)N[C@@H](CN)C(=O)N[C@@H](CN)C(=O)N[C@@H](C)C(=O)N[C@@H](CC(C)C)C(=O)N[C@@H](C)B3OC4C[C@@H]5C[C@@H](C5(C)C)[C@]4(C)O3)cc2)cc1. The first-order valence-electron chi connectivity index (χ1n) is 21.4. The molecule has 0 spiro atoms. The number of carbonyl (C=O) groups excluding carboxylic acids is 5. The van der Waals surface area contributed by atoms with Crippen molar-refractivity contribution in [2.24, 2.45) is 34.6 Å². The van der Waals surface area contributed by atoms with Crippen molar-refractivity contribution in [3.8, 4) is 11.1 Å². The van der Waals surface area contributed by atoms with Gasteiger partial charge in [-0.2, -0.15) is 0 Å². The summed E-state index contributed by atoms with van der Waals surface area (Å²) in [6.45, 7) is 15.5. The topological polar surface area (TPSA) is 216 Å². The van der Waals surface area contributed by atoms with Crippen LogP contribution < -0.4 is 38.1 Å². The normalized spacial score (nSPS) is 24.1. The molecule has 0 radical (unpaired) electrons. The van der Waals surface area contributed by atoms with Crippen LogP contribution in [0.5, 0.6) is 0 Å². The lowest BCUT2D eigenvalue weighted by Crippen LogP contribution is -2.65. The van der Waals surface area contributed by atoms with E-state index in [1.54, 1.807) is 12.1 Å².